The van der Waals surface area contributed by atoms with Gasteiger partial charge in [-0.2, -0.15) is 5.10 Å². The normalized spacial score (nSPS) is 10.9. The third-order valence-corrected chi connectivity index (χ3v) is 6.28. The summed E-state index contributed by atoms with van der Waals surface area (Å²) in [5, 5.41) is 11.0. The molecule has 3 aromatic carbocycles. The number of rotatable bonds is 7. The summed E-state index contributed by atoms with van der Waals surface area (Å²) in [6, 6.07) is 27.7. The van der Waals surface area contributed by atoms with Gasteiger partial charge < -0.3 is 15.2 Å². The van der Waals surface area contributed by atoms with Crippen LogP contribution < -0.4 is 10.6 Å². The van der Waals surface area contributed by atoms with Gasteiger partial charge in [0.2, 0.25) is 0 Å². The van der Waals surface area contributed by atoms with Gasteiger partial charge in [-0.3, -0.25) is 14.3 Å². The summed E-state index contributed by atoms with van der Waals surface area (Å²) in [4.78, 5) is 24.6. The minimum atomic E-state index is -0.197. The van der Waals surface area contributed by atoms with Crippen molar-refractivity contribution in [2.45, 2.75) is 13.0 Å². The second kappa shape index (κ2) is 9.92. The Kier molecular flexibility index (Phi) is 6.36. The summed E-state index contributed by atoms with van der Waals surface area (Å²) in [5.41, 5.74) is 6.22. The van der Waals surface area contributed by atoms with Crippen molar-refractivity contribution in [3.05, 3.63) is 119 Å². The molecule has 0 aliphatic carbocycles. The highest BCUT2D eigenvalue weighted by Gasteiger charge is 2.13. The number of hydrogen-bond donors (Lipinski definition) is 2. The number of amides is 2. The number of hydrogen-bond acceptors (Lipinski definition) is 3. The molecule has 0 aliphatic heterocycles. The van der Waals surface area contributed by atoms with E-state index < -0.39 is 0 Å². The first-order valence-electron chi connectivity index (χ1n) is 11.8. The lowest BCUT2D eigenvalue weighted by Gasteiger charge is -2.08. The molecule has 0 bridgehead atoms. The second-order valence-electron chi connectivity index (χ2n) is 8.69. The Hall–Kier alpha value is -4.65. The molecule has 0 fully saturated rings. The topological polar surface area (TPSA) is 81.0 Å². The number of carbonyl (C=O) groups excluding carboxylic acids is 2. The first kappa shape index (κ1) is 23.1. The fourth-order valence-corrected chi connectivity index (χ4v) is 4.29. The molecule has 2 aromatic heterocycles. The number of benzene rings is 3. The monoisotopic (exact) mass is 477 g/mol. The first-order valence-corrected chi connectivity index (χ1v) is 11.8. The number of carbonyl (C=O) groups is 2. The molecule has 36 heavy (non-hydrogen) atoms. The van der Waals surface area contributed by atoms with Crippen LogP contribution in [0.5, 0.6) is 0 Å². The SMILES string of the molecule is CNC(=O)c1ccc2c(ccn2-c2ccc(CNC(=O)c3cc(Cc4ccccc4)n(C)n3)cc2)c1. The Bertz CT molecular complexity index is 1530. The van der Waals surface area contributed by atoms with E-state index >= 15 is 0 Å². The summed E-state index contributed by atoms with van der Waals surface area (Å²) < 4.78 is 3.84. The van der Waals surface area contributed by atoms with Gasteiger partial charge in [-0.15, -0.1) is 0 Å². The highest BCUT2D eigenvalue weighted by atomic mass is 16.2. The van der Waals surface area contributed by atoms with Crippen LogP contribution in [-0.4, -0.2) is 33.2 Å². The van der Waals surface area contributed by atoms with Crippen molar-refractivity contribution in [3.8, 4) is 5.69 Å². The Labute approximate surface area is 209 Å². The van der Waals surface area contributed by atoms with Crippen molar-refractivity contribution in [2.24, 2.45) is 7.05 Å². The van der Waals surface area contributed by atoms with Crippen LogP contribution in [0.4, 0.5) is 0 Å². The second-order valence-corrected chi connectivity index (χ2v) is 8.69. The molecule has 5 aromatic rings. The quantitative estimate of drug-likeness (QED) is 0.368. The van der Waals surface area contributed by atoms with Crippen molar-refractivity contribution in [3.63, 3.8) is 0 Å². The number of nitrogens with one attached hydrogen (secondary N) is 2. The van der Waals surface area contributed by atoms with Crippen molar-refractivity contribution in [1.29, 1.82) is 0 Å². The van der Waals surface area contributed by atoms with Gasteiger partial charge in [0.05, 0.1) is 5.52 Å². The van der Waals surface area contributed by atoms with E-state index in [0.29, 0.717) is 17.8 Å². The molecule has 0 radical (unpaired) electrons. The lowest BCUT2D eigenvalue weighted by molar-refractivity contribution is 0.0942. The molecular weight excluding hydrogens is 450 g/mol. The summed E-state index contributed by atoms with van der Waals surface area (Å²) in [6.07, 6.45) is 2.71. The molecule has 0 unspecified atom stereocenters. The van der Waals surface area contributed by atoms with Crippen LogP contribution in [0.25, 0.3) is 16.6 Å². The zero-order chi connectivity index (χ0) is 25.1. The maximum Gasteiger partial charge on any atom is 0.272 e. The van der Waals surface area contributed by atoms with Gasteiger partial charge in [-0.25, -0.2) is 0 Å². The molecule has 2 N–H and O–H groups in total. The number of nitrogens with zero attached hydrogens (tertiary/aromatic N) is 3. The zero-order valence-corrected chi connectivity index (χ0v) is 20.2. The van der Waals surface area contributed by atoms with E-state index in [1.807, 2.05) is 86.0 Å². The largest absolute Gasteiger partial charge is 0.355 e. The molecule has 2 amide bonds. The molecule has 2 heterocycles. The first-order chi connectivity index (χ1) is 17.5. The average molecular weight is 478 g/mol. The van der Waals surface area contributed by atoms with E-state index in [2.05, 4.69) is 32.4 Å². The molecule has 0 saturated carbocycles. The van der Waals surface area contributed by atoms with E-state index in [9.17, 15) is 9.59 Å². The summed E-state index contributed by atoms with van der Waals surface area (Å²) in [5.74, 6) is -0.300. The molecule has 5 rings (SSSR count). The molecule has 7 nitrogen and oxygen atoms in total. The number of aromatic nitrogens is 3. The maximum absolute atomic E-state index is 12.7. The van der Waals surface area contributed by atoms with Gasteiger partial charge >= 0.3 is 0 Å². The van der Waals surface area contributed by atoms with Crippen molar-refractivity contribution >= 4 is 22.7 Å². The highest BCUT2D eigenvalue weighted by Crippen LogP contribution is 2.22. The molecular formula is C29H27N5O2. The van der Waals surface area contributed by atoms with Crippen LogP contribution in [0.15, 0.2) is 91.1 Å². The van der Waals surface area contributed by atoms with E-state index in [-0.39, 0.29) is 11.8 Å². The minimum Gasteiger partial charge on any atom is -0.355 e. The third-order valence-electron chi connectivity index (χ3n) is 6.28. The van der Waals surface area contributed by atoms with E-state index in [0.717, 1.165) is 34.3 Å². The molecule has 0 spiro atoms. The van der Waals surface area contributed by atoms with Gasteiger partial charge in [0.15, 0.2) is 0 Å². The third kappa shape index (κ3) is 4.77. The van der Waals surface area contributed by atoms with Gasteiger partial charge in [0.1, 0.15) is 5.69 Å². The molecule has 7 heteroatoms. The van der Waals surface area contributed by atoms with E-state index in [4.69, 9.17) is 0 Å². The Morgan fingerprint density at radius 1 is 0.861 bits per heavy atom. The average Bonchev–Trinajstić information content (AvgIpc) is 3.50. The smallest absolute Gasteiger partial charge is 0.272 e. The van der Waals surface area contributed by atoms with Crippen molar-refractivity contribution in [1.82, 2.24) is 25.0 Å². The van der Waals surface area contributed by atoms with Gasteiger partial charge in [-0.05, 0) is 53.6 Å². The standard InChI is InChI=1S/C29H27N5O2/c1-30-28(35)23-10-13-27-22(17-23)14-15-34(27)24-11-8-21(9-12-24)19-31-29(36)26-18-25(33(2)32-26)16-20-6-4-3-5-7-20/h3-15,17-18H,16,19H2,1-2H3,(H,30,35)(H,31,36). The van der Waals surface area contributed by atoms with Crippen LogP contribution >= 0.6 is 0 Å². The highest BCUT2D eigenvalue weighted by molar-refractivity contribution is 5.98. The summed E-state index contributed by atoms with van der Waals surface area (Å²) >= 11 is 0. The molecule has 180 valence electrons. The fourth-order valence-electron chi connectivity index (χ4n) is 4.29. The molecule has 0 aliphatic rings. The van der Waals surface area contributed by atoms with Crippen molar-refractivity contribution in [2.75, 3.05) is 7.05 Å². The predicted octanol–water partition coefficient (Wildman–Crippen LogP) is 4.24. The van der Waals surface area contributed by atoms with Crippen LogP contribution in [0.2, 0.25) is 0 Å². The van der Waals surface area contributed by atoms with Gasteiger partial charge in [0, 0.05) is 55.6 Å². The zero-order valence-electron chi connectivity index (χ0n) is 20.2. The fraction of sp³-hybridized carbons (Fsp3) is 0.138. The maximum atomic E-state index is 12.7. The van der Waals surface area contributed by atoms with Crippen LogP contribution in [0, 0.1) is 0 Å². The van der Waals surface area contributed by atoms with E-state index in [1.54, 1.807) is 11.7 Å². The number of fused-ring (bicyclic) bond motifs is 1. The predicted molar refractivity (Wildman–Crippen MR) is 140 cm³/mol. The molecule has 0 saturated heterocycles. The van der Waals surface area contributed by atoms with Crippen LogP contribution in [-0.2, 0) is 20.0 Å². The summed E-state index contributed by atoms with van der Waals surface area (Å²) in [7, 11) is 3.49. The number of aryl methyl sites for hydroxylation is 1. The summed E-state index contributed by atoms with van der Waals surface area (Å²) in [6.45, 7) is 0.408. The van der Waals surface area contributed by atoms with Gasteiger partial charge in [0.25, 0.3) is 11.8 Å². The lowest BCUT2D eigenvalue weighted by atomic mass is 10.1. The van der Waals surface area contributed by atoms with Crippen LogP contribution in [0.1, 0.15) is 37.7 Å². The Morgan fingerprint density at radius 3 is 2.39 bits per heavy atom. The van der Waals surface area contributed by atoms with Crippen molar-refractivity contribution < 1.29 is 9.59 Å². The van der Waals surface area contributed by atoms with Gasteiger partial charge in [-0.1, -0.05) is 42.5 Å². The van der Waals surface area contributed by atoms with E-state index in [1.165, 1.54) is 5.56 Å². The molecule has 0 atom stereocenters. The Balaban J connectivity index is 1.24. The Morgan fingerprint density at radius 2 is 1.64 bits per heavy atom. The lowest BCUT2D eigenvalue weighted by Crippen LogP contribution is -2.23. The van der Waals surface area contributed by atoms with Crippen LogP contribution in [0.3, 0.4) is 0 Å². The minimum absolute atomic E-state index is 0.103.